The van der Waals surface area contributed by atoms with Crippen LogP contribution in [-0.4, -0.2) is 35.2 Å². The summed E-state index contributed by atoms with van der Waals surface area (Å²) in [6.07, 6.45) is 8.48. The molecule has 0 radical (unpaired) electrons. The minimum absolute atomic E-state index is 0.138. The first-order valence-electron chi connectivity index (χ1n) is 10.4. The summed E-state index contributed by atoms with van der Waals surface area (Å²) in [6.45, 7) is 8.69. The number of nitrogens with zero attached hydrogens (tertiary/aromatic N) is 1. The number of fused-ring (bicyclic) bond motifs is 1. The minimum Gasteiger partial charge on any atom is -0.393 e. The van der Waals surface area contributed by atoms with Gasteiger partial charge in [-0.15, -0.1) is 0 Å². The molecule has 0 aromatic heterocycles. The van der Waals surface area contributed by atoms with E-state index >= 15 is 0 Å². The van der Waals surface area contributed by atoms with Gasteiger partial charge in [-0.25, -0.2) is 0 Å². The van der Waals surface area contributed by atoms with Crippen molar-refractivity contribution in [3.63, 3.8) is 0 Å². The smallest absolute Gasteiger partial charge is 0.0584 e. The van der Waals surface area contributed by atoms with Crippen LogP contribution in [0.4, 0.5) is 5.69 Å². The maximum absolute atomic E-state index is 9.90. The van der Waals surface area contributed by atoms with Crippen LogP contribution in [0.5, 0.6) is 0 Å². The average Bonchev–Trinajstić information content (AvgIpc) is 3.13. The van der Waals surface area contributed by atoms with Crippen molar-refractivity contribution in [1.82, 2.24) is 4.90 Å². The molecule has 1 aliphatic heterocycles. The zero-order valence-corrected chi connectivity index (χ0v) is 17.0. The lowest BCUT2D eigenvalue weighted by atomic mass is 9.81. The Bertz CT molecular complexity index is 744. The van der Waals surface area contributed by atoms with Crippen molar-refractivity contribution in [2.75, 3.05) is 18.4 Å². The largest absolute Gasteiger partial charge is 0.393 e. The number of anilines is 1. The lowest BCUT2D eigenvalue weighted by molar-refractivity contribution is 0.165. The summed E-state index contributed by atoms with van der Waals surface area (Å²) < 4.78 is 0. The molecule has 4 rings (SSSR count). The van der Waals surface area contributed by atoms with Crippen LogP contribution in [0.1, 0.15) is 44.6 Å². The molecule has 3 aliphatic rings. The highest BCUT2D eigenvalue weighted by atomic mass is 35.5. The predicted molar refractivity (Wildman–Crippen MR) is 113 cm³/mol. The number of unbranched alkanes of at least 4 members (excludes halogenated alkanes) is 1. The van der Waals surface area contributed by atoms with E-state index in [1.54, 1.807) is 0 Å². The lowest BCUT2D eigenvalue weighted by Gasteiger charge is -2.40. The van der Waals surface area contributed by atoms with E-state index < -0.39 is 0 Å². The molecule has 1 aromatic carbocycles. The van der Waals surface area contributed by atoms with Gasteiger partial charge in [0.25, 0.3) is 0 Å². The normalized spacial score (nSPS) is 29.5. The minimum atomic E-state index is -0.138. The quantitative estimate of drug-likeness (QED) is 0.510. The second-order valence-electron chi connectivity index (χ2n) is 8.39. The number of allylic oxidation sites excluding steroid dienone is 1. The monoisotopic (exact) mass is 386 g/mol. The fraction of sp³-hybridized carbons (Fsp3) is 0.565. The van der Waals surface area contributed by atoms with Gasteiger partial charge in [0, 0.05) is 41.3 Å². The van der Waals surface area contributed by atoms with Gasteiger partial charge in [-0.05, 0) is 49.8 Å². The molecule has 2 fully saturated rings. The summed E-state index contributed by atoms with van der Waals surface area (Å²) in [5, 5.41) is 14.2. The SMILES string of the molecule is C=C1C(Cc2ccc(NCCCC)cc2Cl)CCN1C1C=C2CC(O)CC21. The molecule has 2 N–H and O–H groups in total. The third-order valence-electron chi connectivity index (χ3n) is 6.57. The summed E-state index contributed by atoms with van der Waals surface area (Å²) in [4.78, 5) is 2.48. The van der Waals surface area contributed by atoms with Crippen LogP contribution in [0.25, 0.3) is 0 Å². The van der Waals surface area contributed by atoms with Crippen LogP contribution in [-0.2, 0) is 6.42 Å². The van der Waals surface area contributed by atoms with Gasteiger partial charge in [-0.1, -0.05) is 49.2 Å². The van der Waals surface area contributed by atoms with Gasteiger partial charge < -0.3 is 15.3 Å². The number of nitrogens with one attached hydrogen (secondary N) is 1. The second-order valence-corrected chi connectivity index (χ2v) is 8.80. The van der Waals surface area contributed by atoms with Crippen molar-refractivity contribution in [1.29, 1.82) is 0 Å². The molecule has 1 heterocycles. The molecule has 2 aliphatic carbocycles. The Labute approximate surface area is 168 Å². The molecule has 0 spiro atoms. The summed E-state index contributed by atoms with van der Waals surface area (Å²) in [5.74, 6) is 1.01. The van der Waals surface area contributed by atoms with Gasteiger partial charge in [0.15, 0.2) is 0 Å². The summed E-state index contributed by atoms with van der Waals surface area (Å²) >= 11 is 6.57. The lowest BCUT2D eigenvalue weighted by Crippen LogP contribution is -2.41. The standard InChI is InChI=1S/C23H31ClN2O/c1-3-4-8-25-19-6-5-17(22(24)13-19)10-16-7-9-26(15(16)2)23-12-18-11-20(27)14-21(18)23/h5-6,12-13,16,20-21,23,25,27H,2-4,7-11,14H2,1H3. The number of aliphatic hydroxyl groups excluding tert-OH is 1. The van der Waals surface area contributed by atoms with Crippen molar-refractivity contribution in [3.8, 4) is 0 Å². The fourth-order valence-electron chi connectivity index (χ4n) is 4.92. The molecule has 1 saturated carbocycles. The zero-order valence-electron chi connectivity index (χ0n) is 16.3. The Kier molecular flexibility index (Phi) is 5.52. The Balaban J connectivity index is 1.36. The summed E-state index contributed by atoms with van der Waals surface area (Å²) in [5.41, 5.74) is 5.03. The van der Waals surface area contributed by atoms with E-state index in [0.717, 1.165) is 49.5 Å². The highest BCUT2D eigenvalue weighted by molar-refractivity contribution is 6.31. The van der Waals surface area contributed by atoms with Gasteiger partial charge in [-0.3, -0.25) is 0 Å². The molecule has 27 heavy (non-hydrogen) atoms. The number of hydrogen-bond acceptors (Lipinski definition) is 3. The molecule has 146 valence electrons. The Morgan fingerprint density at radius 3 is 2.96 bits per heavy atom. The Morgan fingerprint density at radius 2 is 2.22 bits per heavy atom. The van der Waals surface area contributed by atoms with E-state index in [1.807, 2.05) is 0 Å². The number of rotatable bonds is 7. The molecule has 0 bridgehead atoms. The number of benzene rings is 1. The van der Waals surface area contributed by atoms with Gasteiger partial charge >= 0.3 is 0 Å². The molecule has 1 saturated heterocycles. The molecule has 4 atom stereocenters. The maximum Gasteiger partial charge on any atom is 0.0584 e. The van der Waals surface area contributed by atoms with Crippen molar-refractivity contribution in [2.45, 2.75) is 57.6 Å². The van der Waals surface area contributed by atoms with Gasteiger partial charge in [0.1, 0.15) is 0 Å². The summed E-state index contributed by atoms with van der Waals surface area (Å²) in [6, 6.07) is 6.83. The van der Waals surface area contributed by atoms with Crippen LogP contribution < -0.4 is 5.32 Å². The van der Waals surface area contributed by atoms with Gasteiger partial charge in [0.05, 0.1) is 12.1 Å². The van der Waals surface area contributed by atoms with Crippen molar-refractivity contribution in [2.24, 2.45) is 11.8 Å². The topological polar surface area (TPSA) is 35.5 Å². The maximum atomic E-state index is 9.90. The molecule has 4 heteroatoms. The molecule has 4 unspecified atom stereocenters. The predicted octanol–water partition coefficient (Wildman–Crippen LogP) is 5.01. The van der Waals surface area contributed by atoms with E-state index in [1.165, 1.54) is 29.7 Å². The van der Waals surface area contributed by atoms with Crippen LogP contribution in [0.3, 0.4) is 0 Å². The molecule has 0 amide bonds. The van der Waals surface area contributed by atoms with E-state index in [2.05, 4.69) is 48.0 Å². The zero-order chi connectivity index (χ0) is 19.0. The van der Waals surface area contributed by atoms with Crippen LogP contribution in [0, 0.1) is 11.8 Å². The van der Waals surface area contributed by atoms with E-state index in [0.29, 0.717) is 17.9 Å². The fourth-order valence-corrected chi connectivity index (χ4v) is 5.18. The summed E-state index contributed by atoms with van der Waals surface area (Å²) in [7, 11) is 0. The number of likely N-dealkylation sites (tertiary alicyclic amines) is 1. The van der Waals surface area contributed by atoms with Gasteiger partial charge in [-0.2, -0.15) is 0 Å². The first kappa shape index (κ1) is 18.9. The van der Waals surface area contributed by atoms with Crippen LogP contribution >= 0.6 is 11.6 Å². The van der Waals surface area contributed by atoms with Crippen molar-refractivity contribution < 1.29 is 5.11 Å². The molecule has 3 nitrogen and oxygen atoms in total. The van der Waals surface area contributed by atoms with E-state index in [9.17, 15) is 5.11 Å². The third kappa shape index (κ3) is 3.77. The number of hydrogen-bond donors (Lipinski definition) is 2. The first-order valence-corrected chi connectivity index (χ1v) is 10.8. The number of halogens is 1. The van der Waals surface area contributed by atoms with Crippen LogP contribution in [0.15, 0.2) is 42.1 Å². The number of aliphatic hydroxyl groups is 1. The molecular formula is C23H31ClN2O. The van der Waals surface area contributed by atoms with Crippen molar-refractivity contribution in [3.05, 3.63) is 52.7 Å². The molecule has 1 aromatic rings. The van der Waals surface area contributed by atoms with Crippen LogP contribution in [0.2, 0.25) is 5.02 Å². The Morgan fingerprint density at radius 1 is 1.37 bits per heavy atom. The van der Waals surface area contributed by atoms with E-state index in [4.69, 9.17) is 11.6 Å². The third-order valence-corrected chi connectivity index (χ3v) is 6.92. The molecular weight excluding hydrogens is 356 g/mol. The second kappa shape index (κ2) is 7.89. The highest BCUT2D eigenvalue weighted by Crippen LogP contribution is 2.47. The van der Waals surface area contributed by atoms with Crippen molar-refractivity contribution >= 4 is 17.3 Å². The van der Waals surface area contributed by atoms with E-state index in [-0.39, 0.29) is 6.10 Å². The van der Waals surface area contributed by atoms with Gasteiger partial charge in [0.2, 0.25) is 0 Å². The Hall–Kier alpha value is -1.45. The highest BCUT2D eigenvalue weighted by Gasteiger charge is 2.45. The first-order chi connectivity index (χ1) is 13.1. The average molecular weight is 387 g/mol.